The van der Waals surface area contributed by atoms with Gasteiger partial charge in [-0.1, -0.05) is 37.6 Å². The number of aliphatic hydroxyl groups is 1. The molecule has 2 aromatic carbocycles. The molecule has 0 spiro atoms. The molecule has 35 heavy (non-hydrogen) atoms. The van der Waals surface area contributed by atoms with Crippen molar-refractivity contribution in [2.45, 2.75) is 74.9 Å². The Kier molecular flexibility index (Phi) is 7.95. The minimum Gasteiger partial charge on any atom is -0.508 e. The van der Waals surface area contributed by atoms with Crippen molar-refractivity contribution in [2.24, 2.45) is 11.3 Å². The van der Waals surface area contributed by atoms with Gasteiger partial charge in [-0.15, -0.1) is 11.8 Å². The smallest absolute Gasteiger partial charge is 0.119 e. The van der Waals surface area contributed by atoms with Crippen LogP contribution in [0.3, 0.4) is 0 Å². The monoisotopic (exact) mass is 495 g/mol. The maximum absolute atomic E-state index is 10.5. The van der Waals surface area contributed by atoms with Crippen molar-refractivity contribution in [3.63, 3.8) is 0 Å². The lowest BCUT2D eigenvalue weighted by molar-refractivity contribution is 0.0371. The van der Waals surface area contributed by atoms with Crippen LogP contribution in [0.2, 0.25) is 0 Å². The first-order chi connectivity index (χ1) is 17.1. The Balaban J connectivity index is 1.29. The van der Waals surface area contributed by atoms with E-state index in [1.54, 1.807) is 0 Å². The van der Waals surface area contributed by atoms with Crippen LogP contribution < -0.4 is 4.74 Å². The van der Waals surface area contributed by atoms with Crippen molar-refractivity contribution in [1.29, 1.82) is 0 Å². The topological polar surface area (TPSA) is 52.9 Å². The average molecular weight is 496 g/mol. The van der Waals surface area contributed by atoms with Crippen LogP contribution in [0.25, 0.3) is 0 Å². The molecular weight excluding hydrogens is 454 g/mol. The van der Waals surface area contributed by atoms with Gasteiger partial charge in [-0.05, 0) is 105 Å². The molecule has 2 heterocycles. The van der Waals surface area contributed by atoms with Crippen molar-refractivity contribution < 1.29 is 14.9 Å². The molecule has 2 saturated heterocycles. The van der Waals surface area contributed by atoms with Crippen LogP contribution in [0.1, 0.15) is 68.2 Å². The minimum atomic E-state index is -0.173. The molecule has 5 atom stereocenters. The maximum atomic E-state index is 10.5. The largest absolute Gasteiger partial charge is 0.508 e. The molecule has 2 aromatic rings. The van der Waals surface area contributed by atoms with Crippen molar-refractivity contribution in [1.82, 2.24) is 4.90 Å². The number of benzene rings is 2. The zero-order chi connectivity index (χ0) is 24.3. The number of hydrogen-bond donors (Lipinski definition) is 2. The minimum absolute atomic E-state index is 0.173. The number of phenolic OH excluding ortho intramolecular Hbond substituents is 1. The molecule has 5 rings (SSSR count). The van der Waals surface area contributed by atoms with E-state index in [0.717, 1.165) is 51.0 Å². The van der Waals surface area contributed by atoms with Gasteiger partial charge < -0.3 is 14.9 Å². The third-order valence-electron chi connectivity index (χ3n) is 8.87. The van der Waals surface area contributed by atoms with Crippen LogP contribution in [-0.4, -0.2) is 52.7 Å². The van der Waals surface area contributed by atoms with E-state index in [9.17, 15) is 10.2 Å². The Morgan fingerprint density at radius 2 is 1.77 bits per heavy atom. The van der Waals surface area contributed by atoms with Crippen molar-refractivity contribution >= 4 is 11.8 Å². The maximum Gasteiger partial charge on any atom is 0.119 e. The zero-order valence-corrected chi connectivity index (χ0v) is 21.9. The number of phenols is 1. The Labute approximate surface area is 215 Å². The number of nitrogens with zero attached hydrogens (tertiary/aromatic N) is 1. The van der Waals surface area contributed by atoms with E-state index in [4.69, 9.17) is 4.74 Å². The number of hydrogen-bond acceptors (Lipinski definition) is 5. The molecule has 1 aliphatic carbocycles. The van der Waals surface area contributed by atoms with Gasteiger partial charge >= 0.3 is 0 Å². The van der Waals surface area contributed by atoms with Gasteiger partial charge in [-0.3, -0.25) is 4.90 Å². The van der Waals surface area contributed by atoms with Crippen LogP contribution >= 0.6 is 11.8 Å². The predicted molar refractivity (Wildman–Crippen MR) is 144 cm³/mol. The van der Waals surface area contributed by atoms with Gasteiger partial charge in [0, 0.05) is 17.0 Å². The van der Waals surface area contributed by atoms with Crippen LogP contribution in [0.15, 0.2) is 48.5 Å². The Morgan fingerprint density at radius 1 is 1.03 bits per heavy atom. The van der Waals surface area contributed by atoms with Crippen molar-refractivity contribution in [2.75, 3.05) is 26.2 Å². The fourth-order valence-electron chi connectivity index (χ4n) is 6.79. The molecule has 190 valence electrons. The highest BCUT2D eigenvalue weighted by molar-refractivity contribution is 8.00. The summed E-state index contributed by atoms with van der Waals surface area (Å²) in [5.74, 6) is 1.79. The number of likely N-dealkylation sites (tertiary alicyclic amines) is 1. The third-order valence-corrected chi connectivity index (χ3v) is 10.8. The number of piperidine rings is 1. The molecule has 3 fully saturated rings. The summed E-state index contributed by atoms with van der Waals surface area (Å²) in [5.41, 5.74) is 2.91. The summed E-state index contributed by atoms with van der Waals surface area (Å²) in [6.07, 6.45) is 8.91. The van der Waals surface area contributed by atoms with E-state index in [1.165, 1.54) is 43.5 Å². The fourth-order valence-corrected chi connectivity index (χ4v) is 9.08. The molecule has 2 N–H and O–H groups in total. The number of aliphatic hydroxyl groups excluding tert-OH is 1. The molecular formula is C30H41NO3S. The molecule has 5 heteroatoms. The van der Waals surface area contributed by atoms with E-state index >= 15 is 0 Å². The number of rotatable bonds is 8. The highest BCUT2D eigenvalue weighted by Gasteiger charge is 2.56. The summed E-state index contributed by atoms with van der Waals surface area (Å²) in [6.45, 7) is 6.53. The Bertz CT molecular complexity index is 943. The van der Waals surface area contributed by atoms with Gasteiger partial charge in [0.05, 0.1) is 6.10 Å². The molecule has 0 bridgehead atoms. The lowest BCUT2D eigenvalue weighted by atomic mass is 9.61. The van der Waals surface area contributed by atoms with Crippen LogP contribution in [0, 0.1) is 11.3 Å². The Morgan fingerprint density at radius 3 is 2.49 bits per heavy atom. The summed E-state index contributed by atoms with van der Waals surface area (Å²) < 4.78 is 6.08. The summed E-state index contributed by atoms with van der Waals surface area (Å²) in [5, 5.41) is 21.2. The highest BCUT2D eigenvalue weighted by Crippen LogP contribution is 2.65. The second kappa shape index (κ2) is 11.1. The molecule has 0 amide bonds. The molecule has 1 saturated carbocycles. The Hall–Kier alpha value is -1.69. The lowest BCUT2D eigenvalue weighted by Crippen LogP contribution is -2.42. The first-order valence-electron chi connectivity index (χ1n) is 13.6. The van der Waals surface area contributed by atoms with Gasteiger partial charge in [0.25, 0.3) is 0 Å². The zero-order valence-electron chi connectivity index (χ0n) is 21.1. The van der Waals surface area contributed by atoms with Crippen LogP contribution in [0.5, 0.6) is 11.5 Å². The van der Waals surface area contributed by atoms with Gasteiger partial charge in [0.1, 0.15) is 18.1 Å². The first-order valence-corrected chi connectivity index (χ1v) is 14.6. The summed E-state index contributed by atoms with van der Waals surface area (Å²) in [7, 11) is 0. The van der Waals surface area contributed by atoms with Gasteiger partial charge in [0.15, 0.2) is 0 Å². The molecule has 4 nitrogen and oxygen atoms in total. The lowest BCUT2D eigenvalue weighted by Gasteiger charge is -2.44. The van der Waals surface area contributed by atoms with Crippen LogP contribution in [0.4, 0.5) is 0 Å². The van der Waals surface area contributed by atoms with Crippen molar-refractivity contribution in [3.8, 4) is 11.5 Å². The summed E-state index contributed by atoms with van der Waals surface area (Å²) in [6, 6.07) is 16.6. The number of aromatic hydroxyl groups is 1. The normalized spacial score (nSPS) is 31.3. The van der Waals surface area contributed by atoms with E-state index in [-0.39, 0.29) is 11.5 Å². The van der Waals surface area contributed by atoms with E-state index in [1.807, 2.05) is 12.1 Å². The quantitative estimate of drug-likeness (QED) is 0.456. The van der Waals surface area contributed by atoms with Gasteiger partial charge in [-0.2, -0.15) is 0 Å². The van der Waals surface area contributed by atoms with Crippen molar-refractivity contribution in [3.05, 3.63) is 59.7 Å². The SMILES string of the molecule is CCC12CCC(O)CC1SC(c1ccc(O)cc1)C2Cc1ccc(OCCN2CCCCC2)cc1. The fraction of sp³-hybridized carbons (Fsp3) is 0.600. The third kappa shape index (κ3) is 5.52. The molecule has 0 aromatic heterocycles. The predicted octanol–water partition coefficient (Wildman–Crippen LogP) is 6.21. The molecule has 5 unspecified atom stereocenters. The second-order valence-electron chi connectivity index (χ2n) is 10.9. The van der Waals surface area contributed by atoms with E-state index < -0.39 is 0 Å². The molecule has 3 aliphatic rings. The first kappa shape index (κ1) is 25.0. The van der Waals surface area contributed by atoms with E-state index in [0.29, 0.717) is 22.2 Å². The molecule has 2 aliphatic heterocycles. The summed E-state index contributed by atoms with van der Waals surface area (Å²) >= 11 is 2.06. The van der Waals surface area contributed by atoms with Gasteiger partial charge in [-0.25, -0.2) is 0 Å². The second-order valence-corrected chi connectivity index (χ2v) is 12.2. The number of thioether (sulfide) groups is 1. The van der Waals surface area contributed by atoms with E-state index in [2.05, 4.69) is 60.0 Å². The van der Waals surface area contributed by atoms with Gasteiger partial charge in [0.2, 0.25) is 0 Å². The molecule has 0 radical (unpaired) electrons. The number of ether oxygens (including phenoxy) is 1. The number of fused-ring (bicyclic) bond motifs is 1. The standard InChI is InChI=1S/C30H41NO3S/c1-2-30-15-14-25(33)21-28(30)35-29(23-8-10-24(32)11-9-23)27(30)20-22-6-12-26(13-7-22)34-19-18-31-16-4-3-5-17-31/h6-13,25,27-29,32-33H,2-5,14-21H2,1H3. The van der Waals surface area contributed by atoms with Crippen LogP contribution in [-0.2, 0) is 6.42 Å². The highest BCUT2D eigenvalue weighted by atomic mass is 32.2. The average Bonchev–Trinajstić information content (AvgIpc) is 3.19. The summed E-state index contributed by atoms with van der Waals surface area (Å²) in [4.78, 5) is 2.51.